The zero-order valence-electron chi connectivity index (χ0n) is 27.4. The smallest absolute Gasteiger partial charge is 0.187 e. The summed E-state index contributed by atoms with van der Waals surface area (Å²) in [6.45, 7) is 7.68. The molecule has 5 aliphatic rings. The van der Waals surface area contributed by atoms with E-state index >= 15 is 0 Å². The second-order valence-electron chi connectivity index (χ2n) is 16.0. The molecule has 0 aromatic heterocycles. The minimum atomic E-state index is -1.73. The number of rotatable bonds is 8. The van der Waals surface area contributed by atoms with E-state index in [1.807, 2.05) is 6.92 Å². The van der Waals surface area contributed by atoms with Gasteiger partial charge in [-0.05, 0) is 89.2 Å². The van der Waals surface area contributed by atoms with E-state index in [1.54, 1.807) is 27.7 Å². The number of carbonyl (C=O) groups excluding carboxylic acids is 1. The topological polar surface area (TPSA) is 238 Å². The Labute approximate surface area is 269 Å². The maximum absolute atomic E-state index is 13.6. The minimum Gasteiger partial charge on any atom is -0.394 e. The molecule has 13 heteroatoms. The highest BCUT2D eigenvalue weighted by Gasteiger charge is 2.70. The quantitative estimate of drug-likeness (QED) is 0.145. The Morgan fingerprint density at radius 2 is 1.61 bits per heavy atom. The molecule has 13 nitrogen and oxygen atoms in total. The van der Waals surface area contributed by atoms with Crippen molar-refractivity contribution < 1.29 is 65.3 Å². The van der Waals surface area contributed by atoms with Crippen molar-refractivity contribution in [2.75, 3.05) is 6.61 Å². The molecule has 5 rings (SSSR count). The van der Waals surface area contributed by atoms with E-state index in [4.69, 9.17) is 9.47 Å². The lowest BCUT2D eigenvalue weighted by atomic mass is 9.45. The number of allylic oxidation sites excluding steroid dienone is 1. The van der Waals surface area contributed by atoms with Crippen LogP contribution in [0.1, 0.15) is 79.6 Å². The summed E-state index contributed by atoms with van der Waals surface area (Å²) < 4.78 is 11.8. The highest BCUT2D eigenvalue weighted by molar-refractivity contribution is 5.95. The van der Waals surface area contributed by atoms with Crippen molar-refractivity contribution in [1.82, 2.24) is 0 Å². The third-order valence-corrected chi connectivity index (χ3v) is 12.8. The fourth-order valence-corrected chi connectivity index (χ4v) is 9.89. The predicted octanol–water partition coefficient (Wildman–Crippen LogP) is -1.35. The standard InChI is InChI=1S/C33H54O13/c1-29(2,42)9-8-22(46-28-26(40)25(39)24(38)20(14-34)45-28)32(5,43)21-7-11-33(44)16-12-18(35)17-13-19(36)23(37)27(41)31(17,4)15(16)6-10-30(21,33)3/h12,15,17,19-28,34,36-44H,6-11,13-14H2,1-5H3/t15-,17+,19+,20+,21-,22+,23-,24-,25-,26+,27-,28+,30+,31+,32+,33+/m0/s1. The van der Waals surface area contributed by atoms with Crippen LogP contribution in [0.25, 0.3) is 0 Å². The van der Waals surface area contributed by atoms with Crippen LogP contribution in [0.4, 0.5) is 0 Å². The zero-order valence-corrected chi connectivity index (χ0v) is 27.4. The first kappa shape index (κ1) is 36.2. The van der Waals surface area contributed by atoms with Gasteiger partial charge in [-0.25, -0.2) is 0 Å². The predicted molar refractivity (Wildman–Crippen MR) is 161 cm³/mol. The molecule has 264 valence electrons. The molecule has 4 fully saturated rings. The molecule has 0 radical (unpaired) electrons. The number of ketones is 1. The highest BCUT2D eigenvalue weighted by Crippen LogP contribution is 2.68. The summed E-state index contributed by atoms with van der Waals surface area (Å²) in [6, 6.07) is 0. The van der Waals surface area contributed by atoms with Gasteiger partial charge in [0.2, 0.25) is 0 Å². The lowest BCUT2D eigenvalue weighted by molar-refractivity contribution is -0.328. The molecule has 10 N–H and O–H groups in total. The lowest BCUT2D eigenvalue weighted by Crippen LogP contribution is -2.67. The van der Waals surface area contributed by atoms with E-state index in [1.165, 1.54) is 6.08 Å². The summed E-state index contributed by atoms with van der Waals surface area (Å²) >= 11 is 0. The normalized spacial score (nSPS) is 49.8. The van der Waals surface area contributed by atoms with Crippen molar-refractivity contribution in [2.24, 2.45) is 28.6 Å². The molecule has 16 atom stereocenters. The van der Waals surface area contributed by atoms with Crippen LogP contribution in [0, 0.1) is 28.6 Å². The van der Waals surface area contributed by atoms with Crippen LogP contribution in [0.3, 0.4) is 0 Å². The van der Waals surface area contributed by atoms with E-state index in [0.29, 0.717) is 24.8 Å². The summed E-state index contributed by atoms with van der Waals surface area (Å²) in [5, 5.41) is 109. The van der Waals surface area contributed by atoms with Crippen LogP contribution in [0.2, 0.25) is 0 Å². The molecular weight excluding hydrogens is 604 g/mol. The second-order valence-corrected chi connectivity index (χ2v) is 16.0. The van der Waals surface area contributed by atoms with Gasteiger partial charge in [0, 0.05) is 16.7 Å². The fraction of sp³-hybridized carbons (Fsp3) is 0.909. The SMILES string of the molecule is CC(C)(O)CC[C@@H](O[C@H]1O[C@H](CO)[C@H](O)[C@H](O)[C@H]1O)[C@](C)(O)[C@H]1CC[C@@]2(O)C3=CC(=O)[C@H]4C[C@@H](O)[C@H](O)[C@H](O)[C@]4(C)[C@H]3CC[C@]12C. The molecule has 0 aromatic rings. The Hall–Kier alpha value is -1.07. The second kappa shape index (κ2) is 12.1. The van der Waals surface area contributed by atoms with Gasteiger partial charge in [-0.1, -0.05) is 13.8 Å². The first-order chi connectivity index (χ1) is 21.1. The third-order valence-electron chi connectivity index (χ3n) is 12.8. The van der Waals surface area contributed by atoms with E-state index in [2.05, 4.69) is 0 Å². The molecular formula is C33H54O13. The van der Waals surface area contributed by atoms with Gasteiger partial charge in [-0.3, -0.25) is 4.79 Å². The first-order valence-electron chi connectivity index (χ1n) is 16.6. The molecule has 0 aromatic carbocycles. The summed E-state index contributed by atoms with van der Waals surface area (Å²) in [5.41, 5.74) is -6.14. The summed E-state index contributed by atoms with van der Waals surface area (Å²) in [5.74, 6) is -2.18. The Morgan fingerprint density at radius 3 is 2.22 bits per heavy atom. The van der Waals surface area contributed by atoms with Crippen LogP contribution < -0.4 is 0 Å². The molecule has 3 saturated carbocycles. The van der Waals surface area contributed by atoms with Gasteiger partial charge in [0.05, 0.1) is 41.7 Å². The molecule has 46 heavy (non-hydrogen) atoms. The number of ether oxygens (including phenoxy) is 2. The molecule has 1 heterocycles. The van der Waals surface area contributed by atoms with Crippen molar-refractivity contribution >= 4 is 5.78 Å². The minimum absolute atomic E-state index is 0.000943. The molecule has 0 amide bonds. The Bertz CT molecular complexity index is 1180. The van der Waals surface area contributed by atoms with Gasteiger partial charge in [-0.15, -0.1) is 0 Å². The third kappa shape index (κ3) is 5.43. The maximum atomic E-state index is 13.6. The van der Waals surface area contributed by atoms with Gasteiger partial charge < -0.3 is 60.5 Å². The number of hydrogen-bond donors (Lipinski definition) is 10. The maximum Gasteiger partial charge on any atom is 0.187 e. The van der Waals surface area contributed by atoms with Crippen molar-refractivity contribution in [3.05, 3.63) is 11.6 Å². The average molecular weight is 659 g/mol. The van der Waals surface area contributed by atoms with Gasteiger partial charge in [0.15, 0.2) is 12.1 Å². The molecule has 0 unspecified atom stereocenters. The summed E-state index contributed by atoms with van der Waals surface area (Å²) in [4.78, 5) is 13.6. The molecule has 1 aliphatic heterocycles. The Balaban J connectivity index is 1.48. The van der Waals surface area contributed by atoms with Gasteiger partial charge in [0.1, 0.15) is 30.5 Å². The largest absolute Gasteiger partial charge is 0.394 e. The van der Waals surface area contributed by atoms with Crippen LogP contribution >= 0.6 is 0 Å². The van der Waals surface area contributed by atoms with E-state index < -0.39 is 107 Å². The van der Waals surface area contributed by atoms with Crippen molar-refractivity contribution in [1.29, 1.82) is 0 Å². The van der Waals surface area contributed by atoms with Crippen LogP contribution in [-0.2, 0) is 14.3 Å². The van der Waals surface area contributed by atoms with Crippen LogP contribution in [0.15, 0.2) is 11.6 Å². The Morgan fingerprint density at radius 1 is 0.957 bits per heavy atom. The summed E-state index contributed by atoms with van der Waals surface area (Å²) in [7, 11) is 0. The highest BCUT2D eigenvalue weighted by atomic mass is 16.7. The average Bonchev–Trinajstić information content (AvgIpc) is 3.26. The molecule has 4 aliphatic carbocycles. The molecule has 0 spiro atoms. The Kier molecular flexibility index (Phi) is 9.50. The van der Waals surface area contributed by atoms with Crippen LogP contribution in [0.5, 0.6) is 0 Å². The van der Waals surface area contributed by atoms with Crippen LogP contribution in [-0.4, -0.2) is 135 Å². The van der Waals surface area contributed by atoms with Crippen molar-refractivity contribution in [2.45, 2.75) is 151 Å². The number of hydrogen-bond acceptors (Lipinski definition) is 13. The van der Waals surface area contributed by atoms with Gasteiger partial charge in [-0.2, -0.15) is 0 Å². The van der Waals surface area contributed by atoms with Gasteiger partial charge in [0.25, 0.3) is 0 Å². The number of carbonyl (C=O) groups is 1. The lowest BCUT2D eigenvalue weighted by Gasteiger charge is -2.62. The zero-order chi connectivity index (χ0) is 34.4. The number of fused-ring (bicyclic) bond motifs is 5. The summed E-state index contributed by atoms with van der Waals surface area (Å²) in [6.07, 6.45) is -10.0. The number of aliphatic hydroxyl groups is 10. The van der Waals surface area contributed by atoms with E-state index in [9.17, 15) is 55.9 Å². The molecule has 1 saturated heterocycles. The van der Waals surface area contributed by atoms with Crippen molar-refractivity contribution in [3.8, 4) is 0 Å². The number of aliphatic hydroxyl groups excluding tert-OH is 7. The van der Waals surface area contributed by atoms with E-state index in [-0.39, 0.29) is 31.5 Å². The van der Waals surface area contributed by atoms with E-state index in [0.717, 1.165) is 0 Å². The van der Waals surface area contributed by atoms with Gasteiger partial charge >= 0.3 is 0 Å². The first-order valence-corrected chi connectivity index (χ1v) is 16.6. The molecule has 0 bridgehead atoms. The van der Waals surface area contributed by atoms with Crippen molar-refractivity contribution in [3.63, 3.8) is 0 Å². The fourth-order valence-electron chi connectivity index (χ4n) is 9.89. The monoisotopic (exact) mass is 658 g/mol.